The maximum atomic E-state index is 14.4. The highest BCUT2D eigenvalue weighted by Crippen LogP contribution is 2.47. The smallest absolute Gasteiger partial charge is 0.184 e. The van der Waals surface area contributed by atoms with Gasteiger partial charge in [-0.3, -0.25) is 0 Å². The first kappa shape index (κ1) is 24.0. The van der Waals surface area contributed by atoms with Crippen molar-refractivity contribution >= 4 is 26.6 Å². The summed E-state index contributed by atoms with van der Waals surface area (Å²) in [6.45, 7) is 4.16. The number of hydrogen-bond acceptors (Lipinski definition) is 8. The van der Waals surface area contributed by atoms with Crippen molar-refractivity contribution in [1.82, 2.24) is 15.0 Å². The van der Waals surface area contributed by atoms with Gasteiger partial charge in [0.2, 0.25) is 0 Å². The lowest BCUT2D eigenvalue weighted by molar-refractivity contribution is 0.0723. The van der Waals surface area contributed by atoms with Crippen molar-refractivity contribution in [1.29, 1.82) is 0 Å². The first-order valence-electron chi connectivity index (χ1n) is 11.6. The molecule has 0 spiro atoms. The summed E-state index contributed by atoms with van der Waals surface area (Å²) in [5.41, 5.74) is 1.26. The van der Waals surface area contributed by atoms with Crippen molar-refractivity contribution in [3.05, 3.63) is 35.9 Å². The van der Waals surface area contributed by atoms with Crippen LogP contribution in [-0.4, -0.2) is 75.7 Å². The molecule has 2 aromatic heterocycles. The van der Waals surface area contributed by atoms with Gasteiger partial charge in [0.1, 0.15) is 16.3 Å². The highest BCUT2D eigenvalue weighted by molar-refractivity contribution is 7.91. The van der Waals surface area contributed by atoms with Crippen molar-refractivity contribution in [2.75, 3.05) is 51.2 Å². The second kappa shape index (κ2) is 9.03. The van der Waals surface area contributed by atoms with Gasteiger partial charge in [0, 0.05) is 43.2 Å². The third-order valence-corrected chi connectivity index (χ3v) is 9.07. The van der Waals surface area contributed by atoms with E-state index in [1.807, 2.05) is 6.92 Å². The number of fused-ring (bicyclic) bond motifs is 1. The van der Waals surface area contributed by atoms with Gasteiger partial charge >= 0.3 is 0 Å². The van der Waals surface area contributed by atoms with E-state index >= 15 is 0 Å². The Morgan fingerprint density at radius 1 is 1.17 bits per heavy atom. The van der Waals surface area contributed by atoms with Crippen LogP contribution in [0.4, 0.5) is 10.2 Å². The van der Waals surface area contributed by atoms with Crippen LogP contribution in [0.5, 0.6) is 5.75 Å². The molecule has 1 atom stereocenters. The van der Waals surface area contributed by atoms with Crippen LogP contribution in [0.3, 0.4) is 0 Å². The van der Waals surface area contributed by atoms with Crippen molar-refractivity contribution in [3.8, 4) is 17.1 Å². The molecule has 11 heteroatoms. The molecule has 5 rings (SSSR count). The molecule has 2 aliphatic rings. The van der Waals surface area contributed by atoms with E-state index in [0.29, 0.717) is 59.3 Å². The van der Waals surface area contributed by atoms with Gasteiger partial charge in [-0.1, -0.05) is 0 Å². The Labute approximate surface area is 203 Å². The number of ether oxygens (including phenoxy) is 3. The average molecular weight is 505 g/mol. The van der Waals surface area contributed by atoms with Gasteiger partial charge in [0.25, 0.3) is 0 Å². The highest BCUT2D eigenvalue weighted by Gasteiger charge is 2.49. The van der Waals surface area contributed by atoms with Crippen molar-refractivity contribution in [3.63, 3.8) is 0 Å². The van der Waals surface area contributed by atoms with Gasteiger partial charge in [-0.25, -0.2) is 22.8 Å². The molecule has 0 saturated carbocycles. The van der Waals surface area contributed by atoms with Crippen molar-refractivity contribution in [2.24, 2.45) is 0 Å². The number of halogens is 1. The number of nitrogens with zero attached hydrogens (tertiary/aromatic N) is 3. The first-order chi connectivity index (χ1) is 16.8. The molecule has 1 N–H and O–H groups in total. The standard InChI is InChI=1S/C24H29FN4O5S/c1-15-14-34-13-10-29(15)23-20(32-2)21(24(35(3,30)31)7-11-33-12-8-24)27-22(28-23)17-4-5-18(25)19-16(17)6-9-26-19/h4-6,9,15,26H,7-8,10-14H2,1-3H3/t15-/m1/s1. The number of H-pyrrole nitrogens is 1. The van der Waals surface area contributed by atoms with E-state index in [2.05, 4.69) is 9.88 Å². The molecular formula is C24H29FN4O5S. The van der Waals surface area contributed by atoms with Crippen LogP contribution >= 0.6 is 0 Å². The lowest BCUT2D eigenvalue weighted by Crippen LogP contribution is -2.45. The SMILES string of the molecule is COc1c(N2CCOC[C@H]2C)nc(-c2ccc(F)c3[nH]ccc23)nc1C1(S(C)(=O)=O)CCOCC1. The second-order valence-electron chi connectivity index (χ2n) is 9.11. The fraction of sp³-hybridized carbons (Fsp3) is 0.500. The van der Waals surface area contributed by atoms with Gasteiger partial charge in [-0.05, 0) is 38.0 Å². The molecule has 0 bridgehead atoms. The summed E-state index contributed by atoms with van der Waals surface area (Å²) in [5, 5.41) is 0.613. The molecule has 0 radical (unpaired) electrons. The lowest BCUT2D eigenvalue weighted by atomic mass is 9.93. The van der Waals surface area contributed by atoms with Crippen LogP contribution in [0, 0.1) is 5.82 Å². The minimum atomic E-state index is -3.63. The Hall–Kier alpha value is -2.76. The Balaban J connectivity index is 1.83. The van der Waals surface area contributed by atoms with E-state index in [1.165, 1.54) is 19.4 Å². The summed E-state index contributed by atoms with van der Waals surface area (Å²) in [7, 11) is -2.12. The molecule has 0 aliphatic carbocycles. The van der Waals surface area contributed by atoms with Gasteiger partial charge in [0.05, 0.1) is 31.9 Å². The molecule has 2 saturated heterocycles. The third-order valence-electron chi connectivity index (χ3n) is 7.05. The molecule has 1 aromatic carbocycles. The number of sulfone groups is 1. The predicted molar refractivity (Wildman–Crippen MR) is 130 cm³/mol. The van der Waals surface area contributed by atoms with Gasteiger partial charge in [-0.15, -0.1) is 0 Å². The molecule has 2 fully saturated rings. The van der Waals surface area contributed by atoms with E-state index in [-0.39, 0.29) is 37.9 Å². The number of benzene rings is 1. The molecule has 4 heterocycles. The number of aromatic amines is 1. The molecule has 0 amide bonds. The number of morpholine rings is 1. The average Bonchev–Trinajstić information content (AvgIpc) is 3.35. The number of anilines is 1. The monoisotopic (exact) mass is 504 g/mol. The maximum Gasteiger partial charge on any atom is 0.184 e. The quantitative estimate of drug-likeness (QED) is 0.565. The summed E-state index contributed by atoms with van der Waals surface area (Å²) in [4.78, 5) is 14.7. The van der Waals surface area contributed by atoms with Crippen LogP contribution in [0.1, 0.15) is 25.5 Å². The molecule has 35 heavy (non-hydrogen) atoms. The van der Waals surface area contributed by atoms with Gasteiger partial charge in [-0.2, -0.15) is 0 Å². The third kappa shape index (κ3) is 3.95. The Bertz CT molecular complexity index is 1350. The highest BCUT2D eigenvalue weighted by atomic mass is 32.2. The van der Waals surface area contributed by atoms with E-state index in [4.69, 9.17) is 24.2 Å². The normalized spacial score (nSPS) is 20.8. The zero-order valence-electron chi connectivity index (χ0n) is 20.0. The van der Waals surface area contributed by atoms with Crippen LogP contribution in [0.25, 0.3) is 22.3 Å². The Kier molecular flexibility index (Phi) is 6.18. The Morgan fingerprint density at radius 2 is 1.94 bits per heavy atom. The summed E-state index contributed by atoms with van der Waals surface area (Å²) < 4.78 is 56.8. The number of nitrogens with one attached hydrogen (secondary N) is 1. The van der Waals surface area contributed by atoms with E-state index in [9.17, 15) is 12.8 Å². The largest absolute Gasteiger partial charge is 0.491 e. The van der Waals surface area contributed by atoms with Crippen molar-refractivity contribution < 1.29 is 27.0 Å². The lowest BCUT2D eigenvalue weighted by Gasteiger charge is -2.39. The summed E-state index contributed by atoms with van der Waals surface area (Å²) in [6, 6.07) is 4.73. The topological polar surface area (TPSA) is 107 Å². The molecule has 2 aliphatic heterocycles. The van der Waals surface area contributed by atoms with E-state index in [0.717, 1.165) is 0 Å². The van der Waals surface area contributed by atoms with Crippen LogP contribution in [-0.2, 0) is 24.1 Å². The fourth-order valence-electron chi connectivity index (χ4n) is 5.09. The zero-order chi connectivity index (χ0) is 24.8. The van der Waals surface area contributed by atoms with E-state index < -0.39 is 14.6 Å². The van der Waals surface area contributed by atoms with Crippen LogP contribution in [0.15, 0.2) is 24.4 Å². The number of hydrogen-bond donors (Lipinski definition) is 1. The summed E-state index contributed by atoms with van der Waals surface area (Å²) >= 11 is 0. The van der Waals surface area contributed by atoms with E-state index in [1.54, 1.807) is 18.3 Å². The van der Waals surface area contributed by atoms with Crippen molar-refractivity contribution in [2.45, 2.75) is 30.6 Å². The molecule has 0 unspecified atom stereocenters. The summed E-state index contributed by atoms with van der Waals surface area (Å²) in [5.74, 6) is 0.767. The van der Waals surface area contributed by atoms with Gasteiger partial charge in [0.15, 0.2) is 27.2 Å². The van der Waals surface area contributed by atoms with Crippen LogP contribution < -0.4 is 9.64 Å². The number of methoxy groups -OCH3 is 1. The molecule has 9 nitrogen and oxygen atoms in total. The number of rotatable bonds is 5. The molecular weight excluding hydrogens is 475 g/mol. The molecule has 188 valence electrons. The zero-order valence-corrected chi connectivity index (χ0v) is 20.8. The second-order valence-corrected chi connectivity index (χ2v) is 11.4. The van der Waals surface area contributed by atoms with Crippen LogP contribution in [0.2, 0.25) is 0 Å². The minimum Gasteiger partial charge on any atom is -0.491 e. The fourth-order valence-corrected chi connectivity index (χ4v) is 6.49. The molecule has 3 aromatic rings. The maximum absolute atomic E-state index is 14.4. The first-order valence-corrected chi connectivity index (χ1v) is 13.5. The summed E-state index contributed by atoms with van der Waals surface area (Å²) in [6.07, 6.45) is 3.39. The predicted octanol–water partition coefficient (Wildman–Crippen LogP) is 3.05. The number of aromatic nitrogens is 3. The van der Waals surface area contributed by atoms with Gasteiger partial charge < -0.3 is 24.1 Å². The minimum absolute atomic E-state index is 0.0161. The Morgan fingerprint density at radius 3 is 2.63 bits per heavy atom.